The van der Waals surface area contributed by atoms with Gasteiger partial charge >= 0.3 is 0 Å². The molecule has 2 aliphatic heterocycles. The molecule has 13 nitrogen and oxygen atoms in total. The van der Waals surface area contributed by atoms with Crippen LogP contribution in [0.15, 0.2) is 47.3 Å². The highest BCUT2D eigenvalue weighted by molar-refractivity contribution is 9.10. The SMILES string of the molecule is CC(=O)c1nn(CC(=O)N2C3C[C@@]34COCCOCCOCc3ccc(Br)nc3NC(=O)[C@@H]2C4)c2ccc(-c3cnc(C)nc3)cc12. The second-order valence-electron chi connectivity index (χ2n) is 12.3. The number of carbonyl (C=O) groups is 3. The molecule has 3 aliphatic rings. The number of Topliss-reactive ketones (excluding diaryl/α,β-unsaturated/α-hetero) is 1. The predicted octanol–water partition coefficient (Wildman–Crippen LogP) is 3.72. The first-order chi connectivity index (χ1) is 22.7. The number of pyridine rings is 1. The van der Waals surface area contributed by atoms with Crippen LogP contribution in [-0.2, 0) is 37.0 Å². The average Bonchev–Trinajstić information content (AvgIpc) is 3.46. The Bertz CT molecular complexity index is 1860. The minimum Gasteiger partial charge on any atom is -0.378 e. The number of rotatable bonds is 4. The van der Waals surface area contributed by atoms with E-state index in [1.165, 1.54) is 6.92 Å². The van der Waals surface area contributed by atoms with Crippen LogP contribution in [0.25, 0.3) is 22.0 Å². The van der Waals surface area contributed by atoms with Crippen molar-refractivity contribution in [2.75, 3.05) is 38.4 Å². The molecule has 3 aromatic heterocycles. The molecule has 0 radical (unpaired) electrons. The fraction of sp³-hybridized carbons (Fsp3) is 0.424. The van der Waals surface area contributed by atoms with Gasteiger partial charge in [0, 0.05) is 47.3 Å². The minimum absolute atomic E-state index is 0.143. The van der Waals surface area contributed by atoms with Gasteiger partial charge in [-0.15, -0.1) is 0 Å². The van der Waals surface area contributed by atoms with Gasteiger partial charge < -0.3 is 24.4 Å². The number of fused-ring (bicyclic) bond motifs is 3. The summed E-state index contributed by atoms with van der Waals surface area (Å²) >= 11 is 3.40. The van der Waals surface area contributed by atoms with Crippen LogP contribution in [0.2, 0.25) is 0 Å². The zero-order chi connectivity index (χ0) is 32.7. The van der Waals surface area contributed by atoms with Crippen molar-refractivity contribution < 1.29 is 28.6 Å². The number of piperidine rings is 1. The van der Waals surface area contributed by atoms with E-state index in [1.807, 2.05) is 31.2 Å². The number of ether oxygens (including phenoxy) is 3. The smallest absolute Gasteiger partial charge is 0.248 e. The maximum atomic E-state index is 14.2. The van der Waals surface area contributed by atoms with E-state index in [9.17, 15) is 14.4 Å². The first-order valence-electron chi connectivity index (χ1n) is 15.5. The number of hydrogen-bond acceptors (Lipinski definition) is 10. The van der Waals surface area contributed by atoms with E-state index >= 15 is 0 Å². The van der Waals surface area contributed by atoms with Crippen molar-refractivity contribution in [2.24, 2.45) is 5.41 Å². The lowest BCUT2D eigenvalue weighted by Gasteiger charge is -2.27. The van der Waals surface area contributed by atoms with E-state index < -0.39 is 6.04 Å². The number of hydrogen-bond donors (Lipinski definition) is 1. The molecule has 14 heteroatoms. The van der Waals surface area contributed by atoms with Gasteiger partial charge in [0.25, 0.3) is 0 Å². The van der Waals surface area contributed by atoms with Crippen molar-refractivity contribution in [1.82, 2.24) is 29.6 Å². The number of carbonyl (C=O) groups excluding carboxylic acids is 3. The van der Waals surface area contributed by atoms with Crippen molar-refractivity contribution >= 4 is 50.2 Å². The van der Waals surface area contributed by atoms with Crippen LogP contribution in [0.1, 0.15) is 41.6 Å². The van der Waals surface area contributed by atoms with E-state index in [1.54, 1.807) is 28.0 Å². The second kappa shape index (κ2) is 12.8. The molecule has 2 bridgehead atoms. The van der Waals surface area contributed by atoms with Crippen molar-refractivity contribution in [2.45, 2.75) is 51.9 Å². The van der Waals surface area contributed by atoms with Crippen molar-refractivity contribution in [3.63, 3.8) is 0 Å². The normalized spacial score (nSPS) is 23.2. The molecule has 1 spiro atoms. The van der Waals surface area contributed by atoms with Crippen LogP contribution in [0, 0.1) is 12.3 Å². The zero-order valence-corrected chi connectivity index (χ0v) is 27.7. The standard InChI is InChI=1S/C33H34BrN7O6/c1-19(42)30-24-11-21(23-14-35-20(2)36-15-23)3-5-25(24)40(39-30)16-29(43)41-26-12-33(13-27(33)41)18-47-10-8-45-7-9-46-17-22-4-6-28(34)37-31(22)38-32(26)44/h3-6,11,14-15,26-27H,7-10,12-13,16-18H2,1-2H3,(H,37,38,44)/t26-,27?,33-/m0/s1. The predicted molar refractivity (Wildman–Crippen MR) is 173 cm³/mol. The lowest BCUT2D eigenvalue weighted by atomic mass is 10.00. The van der Waals surface area contributed by atoms with Crippen LogP contribution >= 0.6 is 15.9 Å². The van der Waals surface area contributed by atoms with Gasteiger partial charge in [0.2, 0.25) is 11.8 Å². The third kappa shape index (κ3) is 6.30. The molecular formula is C33H34BrN7O6. The molecule has 1 N–H and O–H groups in total. The summed E-state index contributed by atoms with van der Waals surface area (Å²) < 4.78 is 19.5. The average molecular weight is 705 g/mol. The van der Waals surface area contributed by atoms with E-state index in [2.05, 4.69) is 41.3 Å². The lowest BCUT2D eigenvalue weighted by molar-refractivity contribution is -0.138. The van der Waals surface area contributed by atoms with Gasteiger partial charge in [-0.25, -0.2) is 15.0 Å². The highest BCUT2D eigenvalue weighted by atomic mass is 79.9. The number of anilines is 1. The summed E-state index contributed by atoms with van der Waals surface area (Å²) in [6, 6.07) is 8.33. The van der Waals surface area contributed by atoms with Crippen LogP contribution in [-0.4, -0.2) is 92.3 Å². The summed E-state index contributed by atoms with van der Waals surface area (Å²) in [7, 11) is 0. The highest BCUT2D eigenvalue weighted by Gasteiger charge is 2.67. The third-order valence-electron chi connectivity index (χ3n) is 9.07. The lowest BCUT2D eigenvalue weighted by Crippen LogP contribution is -2.47. The highest BCUT2D eigenvalue weighted by Crippen LogP contribution is 2.60. The van der Waals surface area contributed by atoms with Crippen molar-refractivity contribution in [1.29, 1.82) is 0 Å². The fourth-order valence-corrected chi connectivity index (χ4v) is 6.90. The monoisotopic (exact) mass is 703 g/mol. The van der Waals surface area contributed by atoms with Crippen LogP contribution in [0.4, 0.5) is 5.82 Å². The second-order valence-corrected chi connectivity index (χ2v) is 13.1. The quantitative estimate of drug-likeness (QED) is 0.246. The summed E-state index contributed by atoms with van der Waals surface area (Å²) in [6.07, 6.45) is 4.65. The van der Waals surface area contributed by atoms with Crippen LogP contribution in [0.3, 0.4) is 0 Å². The Kier molecular flexibility index (Phi) is 8.59. The first-order valence-corrected chi connectivity index (χ1v) is 16.3. The number of aryl methyl sites for hydroxylation is 1. The fourth-order valence-electron chi connectivity index (χ4n) is 6.60. The van der Waals surface area contributed by atoms with Crippen molar-refractivity contribution in [3.05, 3.63) is 64.4 Å². The molecule has 1 unspecified atom stereocenters. The number of halogens is 1. The molecule has 1 saturated carbocycles. The van der Waals surface area contributed by atoms with Gasteiger partial charge in [0.15, 0.2) is 5.78 Å². The Labute approximate surface area is 279 Å². The molecule has 7 rings (SSSR count). The molecule has 2 fully saturated rings. The molecule has 1 aliphatic carbocycles. The van der Waals surface area contributed by atoms with Gasteiger partial charge in [-0.1, -0.05) is 12.1 Å². The van der Waals surface area contributed by atoms with Gasteiger partial charge in [0.1, 0.15) is 34.5 Å². The molecule has 2 amide bonds. The number of nitrogens with one attached hydrogen (secondary N) is 1. The van der Waals surface area contributed by atoms with E-state index in [0.29, 0.717) is 72.2 Å². The molecule has 5 heterocycles. The van der Waals surface area contributed by atoms with E-state index in [4.69, 9.17) is 14.2 Å². The van der Waals surface area contributed by atoms with Gasteiger partial charge in [-0.2, -0.15) is 5.10 Å². The van der Waals surface area contributed by atoms with Crippen LogP contribution < -0.4 is 5.32 Å². The molecule has 1 saturated heterocycles. The Morgan fingerprint density at radius 3 is 2.57 bits per heavy atom. The summed E-state index contributed by atoms with van der Waals surface area (Å²) in [6.45, 7) is 5.41. The minimum atomic E-state index is -0.745. The maximum Gasteiger partial charge on any atom is 0.248 e. The van der Waals surface area contributed by atoms with Gasteiger partial charge in [0.05, 0.1) is 45.2 Å². The Morgan fingerprint density at radius 1 is 1.02 bits per heavy atom. The van der Waals surface area contributed by atoms with Gasteiger partial charge in [-0.05, 0) is 59.5 Å². The topological polar surface area (TPSA) is 151 Å². The molecule has 1 aromatic carbocycles. The summed E-state index contributed by atoms with van der Waals surface area (Å²) in [5.41, 5.74) is 2.92. The number of nitrogens with zero attached hydrogens (tertiary/aromatic N) is 6. The Balaban J connectivity index is 1.19. The Morgan fingerprint density at radius 2 is 1.79 bits per heavy atom. The molecule has 3 atom stereocenters. The first kappa shape index (κ1) is 31.5. The van der Waals surface area contributed by atoms with E-state index in [-0.39, 0.29) is 47.9 Å². The largest absolute Gasteiger partial charge is 0.378 e. The number of benzene rings is 1. The molecule has 47 heavy (non-hydrogen) atoms. The number of amides is 2. The van der Waals surface area contributed by atoms with E-state index in [0.717, 1.165) is 17.5 Å². The summed E-state index contributed by atoms with van der Waals surface area (Å²) in [5, 5.41) is 8.18. The maximum absolute atomic E-state index is 14.2. The van der Waals surface area contributed by atoms with Gasteiger partial charge in [-0.3, -0.25) is 19.1 Å². The molecule has 4 aromatic rings. The third-order valence-corrected chi connectivity index (χ3v) is 9.51. The van der Waals surface area contributed by atoms with Crippen molar-refractivity contribution in [3.8, 4) is 11.1 Å². The Hall–Kier alpha value is -4.11. The number of likely N-dealkylation sites (tertiary alicyclic amines) is 1. The molecule has 244 valence electrons. The summed E-state index contributed by atoms with van der Waals surface area (Å²) in [4.78, 5) is 55.5. The zero-order valence-electron chi connectivity index (χ0n) is 26.1. The van der Waals surface area contributed by atoms with Crippen LogP contribution in [0.5, 0.6) is 0 Å². The number of aromatic nitrogens is 5. The molecular weight excluding hydrogens is 670 g/mol. The number of ketones is 1. The summed E-state index contributed by atoms with van der Waals surface area (Å²) in [5.74, 6) is 0.217.